The summed E-state index contributed by atoms with van der Waals surface area (Å²) in [5.41, 5.74) is 0.781. The van der Waals surface area contributed by atoms with Crippen LogP contribution in [0, 0.1) is 5.82 Å². The number of carbonyl (C=O) groups is 2. The van der Waals surface area contributed by atoms with Crippen LogP contribution in [0.1, 0.15) is 12.5 Å². The number of carbonyl (C=O) groups excluding carboxylic acids is 2. The predicted molar refractivity (Wildman–Crippen MR) is 87.3 cm³/mol. The highest BCUT2D eigenvalue weighted by Gasteiger charge is 2.19. The maximum absolute atomic E-state index is 13.5. The number of benzene rings is 2. The van der Waals surface area contributed by atoms with Crippen molar-refractivity contribution in [3.8, 4) is 5.75 Å². The molecule has 0 saturated heterocycles. The van der Waals surface area contributed by atoms with Crippen molar-refractivity contribution in [1.29, 1.82) is 0 Å². The molecule has 0 bridgehead atoms. The van der Waals surface area contributed by atoms with Gasteiger partial charge < -0.3 is 14.8 Å². The molecule has 126 valence electrons. The van der Waals surface area contributed by atoms with Gasteiger partial charge in [0.2, 0.25) is 0 Å². The number of methoxy groups -OCH3 is 1. The van der Waals surface area contributed by atoms with Crippen LogP contribution in [0.15, 0.2) is 48.5 Å². The van der Waals surface area contributed by atoms with Crippen LogP contribution in [0.4, 0.5) is 10.1 Å². The van der Waals surface area contributed by atoms with Gasteiger partial charge >= 0.3 is 5.97 Å². The van der Waals surface area contributed by atoms with Gasteiger partial charge in [-0.05, 0) is 42.8 Å². The zero-order valence-corrected chi connectivity index (χ0v) is 13.4. The summed E-state index contributed by atoms with van der Waals surface area (Å²) in [7, 11) is 1.55. The normalized spacial score (nSPS) is 11.5. The minimum Gasteiger partial charge on any atom is -0.497 e. The lowest BCUT2D eigenvalue weighted by atomic mass is 10.1. The number of esters is 1. The Morgan fingerprint density at radius 2 is 1.79 bits per heavy atom. The van der Waals surface area contributed by atoms with E-state index >= 15 is 0 Å². The zero-order chi connectivity index (χ0) is 17.5. The molecule has 0 spiro atoms. The molecule has 2 aromatic carbocycles. The molecule has 0 aromatic heterocycles. The molecule has 0 radical (unpaired) electrons. The first kappa shape index (κ1) is 17.5. The molecule has 0 aliphatic carbocycles. The Morgan fingerprint density at radius 3 is 2.42 bits per heavy atom. The third-order valence-electron chi connectivity index (χ3n) is 3.33. The number of rotatable bonds is 6. The largest absolute Gasteiger partial charge is 0.497 e. The molecule has 0 aliphatic heterocycles. The fourth-order valence-corrected chi connectivity index (χ4v) is 2.01. The highest BCUT2D eigenvalue weighted by molar-refractivity contribution is 5.95. The van der Waals surface area contributed by atoms with Gasteiger partial charge in [0.05, 0.1) is 13.5 Å². The molecule has 0 fully saturated rings. The lowest BCUT2D eigenvalue weighted by Crippen LogP contribution is -2.30. The van der Waals surface area contributed by atoms with Gasteiger partial charge in [-0.2, -0.15) is 0 Å². The van der Waals surface area contributed by atoms with E-state index in [-0.39, 0.29) is 12.0 Å². The maximum Gasteiger partial charge on any atom is 0.311 e. The Balaban J connectivity index is 1.88. The van der Waals surface area contributed by atoms with Crippen LogP contribution in [0.25, 0.3) is 0 Å². The number of halogens is 1. The second kappa shape index (κ2) is 8.10. The van der Waals surface area contributed by atoms with Gasteiger partial charge in [-0.3, -0.25) is 9.59 Å². The number of hydrogen-bond donors (Lipinski definition) is 1. The highest BCUT2D eigenvalue weighted by atomic mass is 19.1. The summed E-state index contributed by atoms with van der Waals surface area (Å²) in [4.78, 5) is 23.9. The van der Waals surface area contributed by atoms with Gasteiger partial charge in [-0.25, -0.2) is 4.39 Å². The van der Waals surface area contributed by atoms with Crippen LogP contribution in [-0.2, 0) is 20.7 Å². The van der Waals surface area contributed by atoms with E-state index in [1.807, 2.05) is 0 Å². The zero-order valence-electron chi connectivity index (χ0n) is 13.4. The minimum absolute atomic E-state index is 0.227. The molecule has 2 rings (SSSR count). The summed E-state index contributed by atoms with van der Waals surface area (Å²) in [5.74, 6) is -0.957. The van der Waals surface area contributed by atoms with Gasteiger partial charge in [0.25, 0.3) is 5.91 Å². The maximum atomic E-state index is 13.5. The lowest BCUT2D eigenvalue weighted by molar-refractivity contribution is -0.152. The van der Waals surface area contributed by atoms with Gasteiger partial charge in [0.1, 0.15) is 11.6 Å². The Labute approximate surface area is 139 Å². The van der Waals surface area contributed by atoms with Crippen molar-refractivity contribution in [1.82, 2.24) is 0 Å². The predicted octanol–water partition coefficient (Wildman–Crippen LogP) is 2.95. The average Bonchev–Trinajstić information content (AvgIpc) is 2.57. The fourth-order valence-electron chi connectivity index (χ4n) is 2.01. The SMILES string of the molecule is COc1ccc(NC(=O)[C@@H](C)OC(=O)Cc2ccccc2F)cc1. The first-order chi connectivity index (χ1) is 11.5. The van der Waals surface area contributed by atoms with Crippen molar-refractivity contribution < 1.29 is 23.5 Å². The third-order valence-corrected chi connectivity index (χ3v) is 3.33. The second-order valence-electron chi connectivity index (χ2n) is 5.12. The van der Waals surface area contributed by atoms with E-state index in [1.54, 1.807) is 37.4 Å². The Morgan fingerprint density at radius 1 is 1.12 bits per heavy atom. The molecule has 2 aromatic rings. The molecule has 24 heavy (non-hydrogen) atoms. The quantitative estimate of drug-likeness (QED) is 0.827. The topological polar surface area (TPSA) is 64.6 Å². The van der Waals surface area contributed by atoms with Crippen LogP contribution in [0.5, 0.6) is 5.75 Å². The van der Waals surface area contributed by atoms with Crippen molar-refractivity contribution in [2.24, 2.45) is 0 Å². The van der Waals surface area contributed by atoms with Crippen LogP contribution >= 0.6 is 0 Å². The van der Waals surface area contributed by atoms with Crippen LogP contribution in [0.2, 0.25) is 0 Å². The Kier molecular flexibility index (Phi) is 5.89. The molecule has 1 atom stereocenters. The summed E-state index contributed by atoms with van der Waals surface area (Å²) in [6, 6.07) is 12.7. The van der Waals surface area contributed by atoms with Crippen molar-refractivity contribution in [2.75, 3.05) is 12.4 Å². The van der Waals surface area contributed by atoms with E-state index in [1.165, 1.54) is 25.1 Å². The van der Waals surface area contributed by atoms with Crippen LogP contribution in [0.3, 0.4) is 0 Å². The van der Waals surface area contributed by atoms with Gasteiger partial charge in [0.15, 0.2) is 6.10 Å². The smallest absolute Gasteiger partial charge is 0.311 e. The molecule has 0 aliphatic rings. The summed E-state index contributed by atoms with van der Waals surface area (Å²) in [6.07, 6.45) is -1.22. The number of amides is 1. The van der Waals surface area contributed by atoms with E-state index in [9.17, 15) is 14.0 Å². The number of nitrogens with one attached hydrogen (secondary N) is 1. The van der Waals surface area contributed by atoms with Gasteiger partial charge in [-0.1, -0.05) is 18.2 Å². The fraction of sp³-hybridized carbons (Fsp3) is 0.222. The number of ether oxygens (including phenoxy) is 2. The summed E-state index contributed by atoms with van der Waals surface area (Å²) >= 11 is 0. The standard InChI is InChI=1S/C18H18FNO4/c1-12(18(22)20-14-7-9-15(23-2)10-8-14)24-17(21)11-13-5-3-4-6-16(13)19/h3-10,12H,11H2,1-2H3,(H,20,22)/t12-/m1/s1. The Hall–Kier alpha value is -2.89. The second-order valence-corrected chi connectivity index (χ2v) is 5.12. The van der Waals surface area contributed by atoms with Crippen molar-refractivity contribution in [3.05, 3.63) is 59.9 Å². The molecule has 6 heteroatoms. The first-order valence-electron chi connectivity index (χ1n) is 7.37. The van der Waals surface area contributed by atoms with Crippen molar-refractivity contribution in [2.45, 2.75) is 19.4 Å². The van der Waals surface area contributed by atoms with Gasteiger partial charge in [-0.15, -0.1) is 0 Å². The molecule has 1 amide bonds. The molecular weight excluding hydrogens is 313 g/mol. The van der Waals surface area contributed by atoms with Crippen molar-refractivity contribution in [3.63, 3.8) is 0 Å². The molecule has 0 unspecified atom stereocenters. The molecular formula is C18H18FNO4. The summed E-state index contributed by atoms with van der Waals surface area (Å²) in [6.45, 7) is 1.46. The number of hydrogen-bond acceptors (Lipinski definition) is 4. The van der Waals surface area contributed by atoms with Crippen molar-refractivity contribution >= 4 is 17.6 Å². The summed E-state index contributed by atoms with van der Waals surface area (Å²) in [5, 5.41) is 2.63. The molecule has 0 heterocycles. The minimum atomic E-state index is -0.994. The molecule has 0 saturated carbocycles. The van der Waals surface area contributed by atoms with Crippen LogP contribution < -0.4 is 10.1 Å². The third kappa shape index (κ3) is 4.81. The lowest BCUT2D eigenvalue weighted by Gasteiger charge is -2.14. The number of anilines is 1. The van der Waals surface area contributed by atoms with Crippen LogP contribution in [-0.4, -0.2) is 25.1 Å². The Bertz CT molecular complexity index is 715. The highest BCUT2D eigenvalue weighted by Crippen LogP contribution is 2.15. The molecule has 1 N–H and O–H groups in total. The summed E-state index contributed by atoms with van der Waals surface area (Å²) < 4.78 is 23.6. The molecule has 5 nitrogen and oxygen atoms in total. The van der Waals surface area contributed by atoms with E-state index < -0.39 is 23.8 Å². The van der Waals surface area contributed by atoms with E-state index in [0.717, 1.165) is 0 Å². The first-order valence-corrected chi connectivity index (χ1v) is 7.37. The monoisotopic (exact) mass is 331 g/mol. The van der Waals surface area contributed by atoms with E-state index in [0.29, 0.717) is 11.4 Å². The van der Waals surface area contributed by atoms with E-state index in [4.69, 9.17) is 9.47 Å². The average molecular weight is 331 g/mol. The van der Waals surface area contributed by atoms with Gasteiger partial charge in [0, 0.05) is 5.69 Å². The van der Waals surface area contributed by atoms with E-state index in [2.05, 4.69) is 5.32 Å².